The summed E-state index contributed by atoms with van der Waals surface area (Å²) in [6.45, 7) is 2.22. The fourth-order valence-corrected chi connectivity index (χ4v) is 2.14. The molecular weight excluding hydrogens is 234 g/mol. The summed E-state index contributed by atoms with van der Waals surface area (Å²) in [4.78, 5) is 10.9. The molecule has 0 spiro atoms. The monoisotopic (exact) mass is 253 g/mol. The van der Waals surface area contributed by atoms with E-state index in [-0.39, 0.29) is 5.76 Å². The van der Waals surface area contributed by atoms with Gasteiger partial charge in [-0.25, -0.2) is 4.79 Å². The Kier molecular flexibility index (Phi) is 4.04. The third-order valence-electron chi connectivity index (χ3n) is 3.55. The number of hydrogen-bond acceptors (Lipinski definition) is 4. The van der Waals surface area contributed by atoms with E-state index in [0.717, 1.165) is 19.6 Å². The van der Waals surface area contributed by atoms with E-state index in [1.165, 1.54) is 19.1 Å². The lowest BCUT2D eigenvalue weighted by atomic mass is 10.0. The minimum absolute atomic E-state index is 0.0317. The van der Waals surface area contributed by atoms with Crippen molar-refractivity contribution < 1.29 is 19.1 Å². The first-order valence-electron chi connectivity index (χ1n) is 6.16. The molecule has 1 aromatic heterocycles. The van der Waals surface area contributed by atoms with Crippen molar-refractivity contribution in [3.63, 3.8) is 0 Å². The first-order valence-corrected chi connectivity index (χ1v) is 6.16. The second-order valence-electron chi connectivity index (χ2n) is 4.93. The zero-order valence-electron chi connectivity index (χ0n) is 10.6. The smallest absolute Gasteiger partial charge is 0.372 e. The van der Waals surface area contributed by atoms with Crippen LogP contribution in [0.25, 0.3) is 0 Å². The quantitative estimate of drug-likeness (QED) is 0.740. The number of furan rings is 1. The van der Waals surface area contributed by atoms with Crippen molar-refractivity contribution in [2.45, 2.75) is 25.8 Å². The van der Waals surface area contributed by atoms with Gasteiger partial charge in [-0.2, -0.15) is 0 Å². The predicted molar refractivity (Wildman–Crippen MR) is 65.5 cm³/mol. The van der Waals surface area contributed by atoms with E-state index >= 15 is 0 Å². The van der Waals surface area contributed by atoms with Crippen LogP contribution in [0.2, 0.25) is 0 Å². The lowest BCUT2D eigenvalue weighted by Crippen LogP contribution is -2.25. The number of hydrogen-bond donors (Lipinski definition) is 2. The molecule has 1 fully saturated rings. The largest absolute Gasteiger partial charge is 0.475 e. The van der Waals surface area contributed by atoms with Crippen LogP contribution >= 0.6 is 0 Å². The third-order valence-corrected chi connectivity index (χ3v) is 3.55. The van der Waals surface area contributed by atoms with E-state index in [2.05, 4.69) is 5.32 Å². The summed E-state index contributed by atoms with van der Waals surface area (Å²) in [7, 11) is 1.72. The van der Waals surface area contributed by atoms with Crippen molar-refractivity contribution in [2.24, 2.45) is 5.41 Å². The fourth-order valence-electron chi connectivity index (χ4n) is 2.14. The fraction of sp³-hybridized carbons (Fsp3) is 0.615. The van der Waals surface area contributed by atoms with Gasteiger partial charge in [-0.1, -0.05) is 0 Å². The molecule has 1 heterocycles. The van der Waals surface area contributed by atoms with Crippen molar-refractivity contribution >= 4 is 5.97 Å². The zero-order valence-corrected chi connectivity index (χ0v) is 10.6. The Labute approximate surface area is 106 Å². The Morgan fingerprint density at radius 3 is 3.00 bits per heavy atom. The average molecular weight is 253 g/mol. The SMILES string of the molecule is COCCC1(CNCc2ccoc2C(=O)O)CC1. The van der Waals surface area contributed by atoms with E-state index in [9.17, 15) is 4.79 Å². The molecule has 0 unspecified atom stereocenters. The van der Waals surface area contributed by atoms with Crippen LogP contribution in [0.4, 0.5) is 0 Å². The number of aromatic carboxylic acids is 1. The summed E-state index contributed by atoms with van der Waals surface area (Å²) in [5.41, 5.74) is 1.06. The Bertz CT molecular complexity index is 409. The van der Waals surface area contributed by atoms with Crippen molar-refractivity contribution in [3.8, 4) is 0 Å². The summed E-state index contributed by atoms with van der Waals surface area (Å²) in [5.74, 6) is -0.985. The standard InChI is InChI=1S/C13H19NO4/c1-17-7-5-13(3-4-13)9-14-8-10-2-6-18-11(10)12(15)16/h2,6,14H,3-5,7-9H2,1H3,(H,15,16). The van der Waals surface area contributed by atoms with Gasteiger partial charge in [0.15, 0.2) is 0 Å². The number of rotatable bonds is 8. The Hall–Kier alpha value is -1.33. The van der Waals surface area contributed by atoms with Crippen molar-refractivity contribution in [1.82, 2.24) is 5.32 Å². The molecule has 2 N–H and O–H groups in total. The van der Waals surface area contributed by atoms with Gasteiger partial charge in [0.2, 0.25) is 5.76 Å². The Balaban J connectivity index is 1.78. The van der Waals surface area contributed by atoms with E-state index in [0.29, 0.717) is 17.5 Å². The minimum Gasteiger partial charge on any atom is -0.475 e. The molecule has 1 aromatic rings. The van der Waals surface area contributed by atoms with Gasteiger partial charge in [0, 0.05) is 32.4 Å². The Morgan fingerprint density at radius 2 is 2.39 bits per heavy atom. The molecule has 0 aromatic carbocycles. The van der Waals surface area contributed by atoms with Crippen LogP contribution in [0.15, 0.2) is 16.7 Å². The number of methoxy groups -OCH3 is 1. The van der Waals surface area contributed by atoms with Crippen LogP contribution in [0, 0.1) is 5.41 Å². The van der Waals surface area contributed by atoms with Crippen LogP contribution in [0.3, 0.4) is 0 Å². The molecule has 0 radical (unpaired) electrons. The summed E-state index contributed by atoms with van der Waals surface area (Å²) in [6, 6.07) is 1.70. The molecule has 5 nitrogen and oxygen atoms in total. The van der Waals surface area contributed by atoms with E-state index in [1.807, 2.05) is 0 Å². The normalized spacial score (nSPS) is 16.7. The molecule has 0 atom stereocenters. The Morgan fingerprint density at radius 1 is 1.61 bits per heavy atom. The maximum atomic E-state index is 10.9. The molecule has 0 amide bonds. The van der Waals surface area contributed by atoms with Gasteiger partial charge >= 0.3 is 5.97 Å². The minimum atomic E-state index is -1.02. The maximum absolute atomic E-state index is 10.9. The molecular formula is C13H19NO4. The van der Waals surface area contributed by atoms with E-state index < -0.39 is 5.97 Å². The third kappa shape index (κ3) is 3.11. The van der Waals surface area contributed by atoms with E-state index in [1.54, 1.807) is 13.2 Å². The van der Waals surface area contributed by atoms with Crippen molar-refractivity contribution in [2.75, 3.05) is 20.3 Å². The van der Waals surface area contributed by atoms with E-state index in [4.69, 9.17) is 14.3 Å². The number of carboxylic acid groups (broad SMARTS) is 1. The van der Waals surface area contributed by atoms with Crippen LogP contribution in [-0.2, 0) is 11.3 Å². The highest BCUT2D eigenvalue weighted by Crippen LogP contribution is 2.48. The van der Waals surface area contributed by atoms with Crippen LogP contribution < -0.4 is 5.32 Å². The van der Waals surface area contributed by atoms with Gasteiger partial charge in [-0.05, 0) is 30.7 Å². The molecule has 1 aliphatic rings. The molecule has 0 bridgehead atoms. The van der Waals surface area contributed by atoms with Crippen molar-refractivity contribution in [1.29, 1.82) is 0 Å². The summed E-state index contributed by atoms with van der Waals surface area (Å²) >= 11 is 0. The van der Waals surface area contributed by atoms with Crippen molar-refractivity contribution in [3.05, 3.63) is 23.7 Å². The predicted octanol–water partition coefficient (Wildman–Crippen LogP) is 1.88. The summed E-state index contributed by atoms with van der Waals surface area (Å²) < 4.78 is 10.0. The topological polar surface area (TPSA) is 71.7 Å². The molecule has 100 valence electrons. The first kappa shape index (κ1) is 13.1. The second kappa shape index (κ2) is 5.54. The molecule has 1 saturated carbocycles. The summed E-state index contributed by atoms with van der Waals surface area (Å²) in [5, 5.41) is 12.2. The lowest BCUT2D eigenvalue weighted by Gasteiger charge is -2.15. The summed E-state index contributed by atoms with van der Waals surface area (Å²) in [6.07, 6.45) is 4.92. The molecule has 18 heavy (non-hydrogen) atoms. The van der Waals surface area contributed by atoms with Gasteiger partial charge < -0.3 is 19.6 Å². The number of carboxylic acids is 1. The maximum Gasteiger partial charge on any atom is 0.372 e. The number of ether oxygens (including phenoxy) is 1. The number of carbonyl (C=O) groups is 1. The van der Waals surface area contributed by atoms with Gasteiger partial charge in [0.05, 0.1) is 6.26 Å². The molecule has 1 aliphatic carbocycles. The highest BCUT2D eigenvalue weighted by atomic mass is 16.5. The first-order chi connectivity index (χ1) is 8.67. The van der Waals surface area contributed by atoms with Crippen LogP contribution in [-0.4, -0.2) is 31.3 Å². The zero-order chi connectivity index (χ0) is 13.0. The van der Waals surface area contributed by atoms with Gasteiger partial charge in [-0.3, -0.25) is 0 Å². The molecule has 0 saturated heterocycles. The lowest BCUT2D eigenvalue weighted by molar-refractivity contribution is 0.0660. The highest BCUT2D eigenvalue weighted by Gasteiger charge is 2.41. The molecule has 0 aliphatic heterocycles. The van der Waals surface area contributed by atoms with Gasteiger partial charge in [0.25, 0.3) is 0 Å². The van der Waals surface area contributed by atoms with Crippen LogP contribution in [0.5, 0.6) is 0 Å². The second-order valence-corrected chi connectivity index (χ2v) is 4.93. The van der Waals surface area contributed by atoms with Gasteiger partial charge in [-0.15, -0.1) is 0 Å². The van der Waals surface area contributed by atoms with Crippen LogP contribution in [0.1, 0.15) is 35.4 Å². The average Bonchev–Trinajstić information content (AvgIpc) is 2.94. The highest BCUT2D eigenvalue weighted by molar-refractivity contribution is 5.86. The van der Waals surface area contributed by atoms with Gasteiger partial charge in [0.1, 0.15) is 0 Å². The molecule has 2 rings (SSSR count). The number of nitrogens with one attached hydrogen (secondary N) is 1. The molecule has 5 heteroatoms.